The summed E-state index contributed by atoms with van der Waals surface area (Å²) in [6, 6.07) is 8.32. The average Bonchev–Trinajstić information content (AvgIpc) is 2.75. The van der Waals surface area contributed by atoms with E-state index in [0.717, 1.165) is 40.1 Å². The molecule has 0 saturated carbocycles. The van der Waals surface area contributed by atoms with E-state index in [4.69, 9.17) is 11.6 Å². The van der Waals surface area contributed by atoms with Crippen molar-refractivity contribution in [2.24, 2.45) is 7.05 Å². The van der Waals surface area contributed by atoms with Crippen molar-refractivity contribution < 1.29 is 0 Å². The zero-order valence-electron chi connectivity index (χ0n) is 12.7. The van der Waals surface area contributed by atoms with Crippen LogP contribution in [0.2, 0.25) is 5.02 Å². The van der Waals surface area contributed by atoms with Gasteiger partial charge in [-0.25, -0.2) is 0 Å². The fourth-order valence-corrected chi connectivity index (χ4v) is 3.08. The van der Waals surface area contributed by atoms with Crippen molar-refractivity contribution >= 4 is 27.5 Å². The minimum absolute atomic E-state index is 0.185. The third-order valence-corrected chi connectivity index (χ3v) is 4.32. The summed E-state index contributed by atoms with van der Waals surface area (Å²) < 4.78 is 2.99. The van der Waals surface area contributed by atoms with Gasteiger partial charge in [0.2, 0.25) is 0 Å². The normalized spacial score (nSPS) is 12.6. The van der Waals surface area contributed by atoms with Crippen LogP contribution in [0.5, 0.6) is 0 Å². The predicted octanol–water partition coefficient (Wildman–Crippen LogP) is 4.43. The molecule has 0 bridgehead atoms. The number of nitrogens with one attached hydrogen (secondary N) is 1. The van der Waals surface area contributed by atoms with Gasteiger partial charge in [-0.1, -0.05) is 34.5 Å². The first-order valence-corrected chi connectivity index (χ1v) is 8.36. The highest BCUT2D eigenvalue weighted by Gasteiger charge is 2.17. The Morgan fingerprint density at radius 1 is 1.38 bits per heavy atom. The van der Waals surface area contributed by atoms with Gasteiger partial charge in [-0.2, -0.15) is 5.10 Å². The molecule has 0 aliphatic heterocycles. The van der Waals surface area contributed by atoms with Gasteiger partial charge in [0.15, 0.2) is 0 Å². The van der Waals surface area contributed by atoms with Gasteiger partial charge in [0.25, 0.3) is 0 Å². The third kappa shape index (κ3) is 4.31. The van der Waals surface area contributed by atoms with E-state index < -0.39 is 0 Å². The summed E-state index contributed by atoms with van der Waals surface area (Å²) in [7, 11) is 1.99. The van der Waals surface area contributed by atoms with E-state index in [1.54, 1.807) is 0 Å². The van der Waals surface area contributed by atoms with Gasteiger partial charge in [0, 0.05) is 34.7 Å². The lowest BCUT2D eigenvalue weighted by molar-refractivity contribution is 0.512. The first-order valence-electron chi connectivity index (χ1n) is 7.19. The number of nitrogens with zero attached hydrogens (tertiary/aromatic N) is 2. The average molecular weight is 371 g/mol. The van der Waals surface area contributed by atoms with Crippen molar-refractivity contribution in [2.45, 2.75) is 32.7 Å². The zero-order valence-corrected chi connectivity index (χ0v) is 15.0. The van der Waals surface area contributed by atoms with Crippen molar-refractivity contribution in [2.75, 3.05) is 6.54 Å². The quantitative estimate of drug-likeness (QED) is 0.815. The molecule has 3 nitrogen and oxygen atoms in total. The number of hydrogen-bond donors (Lipinski definition) is 1. The second-order valence-corrected chi connectivity index (χ2v) is 6.60. The number of rotatable bonds is 6. The first-order chi connectivity index (χ1) is 10.0. The third-order valence-electron chi connectivity index (χ3n) is 3.49. The van der Waals surface area contributed by atoms with Gasteiger partial charge in [-0.05, 0) is 49.7 Å². The molecule has 1 unspecified atom stereocenters. The topological polar surface area (TPSA) is 29.9 Å². The van der Waals surface area contributed by atoms with Gasteiger partial charge >= 0.3 is 0 Å². The maximum atomic E-state index is 6.40. The van der Waals surface area contributed by atoms with Crippen LogP contribution in [0.25, 0.3) is 0 Å². The number of halogens is 2. The van der Waals surface area contributed by atoms with Crippen LogP contribution in [0.15, 0.2) is 28.7 Å². The molecule has 2 rings (SSSR count). The van der Waals surface area contributed by atoms with Gasteiger partial charge in [0.1, 0.15) is 0 Å². The highest BCUT2D eigenvalue weighted by Crippen LogP contribution is 2.29. The number of benzene rings is 1. The molecule has 2 aromatic rings. The summed E-state index contributed by atoms with van der Waals surface area (Å²) in [4.78, 5) is 0. The van der Waals surface area contributed by atoms with Crippen LogP contribution in [0, 0.1) is 6.92 Å². The standard InChI is InChI=1S/C16H21BrClN3/c1-4-7-19-16(10-13-8-11(2)20-21(13)3)14-9-12(17)5-6-15(14)18/h5-6,8-9,16,19H,4,7,10H2,1-3H3. The van der Waals surface area contributed by atoms with Gasteiger partial charge in [-0.15, -0.1) is 0 Å². The van der Waals surface area contributed by atoms with Crippen LogP contribution < -0.4 is 5.32 Å². The van der Waals surface area contributed by atoms with E-state index in [2.05, 4.69) is 45.4 Å². The predicted molar refractivity (Wildman–Crippen MR) is 91.8 cm³/mol. The lowest BCUT2D eigenvalue weighted by atomic mass is 10.0. The minimum atomic E-state index is 0.185. The Hall–Kier alpha value is -0.840. The summed E-state index contributed by atoms with van der Waals surface area (Å²) in [6.45, 7) is 5.15. The lowest BCUT2D eigenvalue weighted by Gasteiger charge is -2.20. The summed E-state index contributed by atoms with van der Waals surface area (Å²) >= 11 is 9.93. The molecular weight excluding hydrogens is 350 g/mol. The molecule has 0 saturated heterocycles. The Kier molecular flexibility index (Phi) is 5.85. The van der Waals surface area contributed by atoms with Crippen LogP contribution in [-0.2, 0) is 13.5 Å². The summed E-state index contributed by atoms with van der Waals surface area (Å²) in [5.74, 6) is 0. The molecule has 0 amide bonds. The first kappa shape index (κ1) is 16.5. The lowest BCUT2D eigenvalue weighted by Crippen LogP contribution is -2.25. The van der Waals surface area contributed by atoms with Crippen molar-refractivity contribution in [3.63, 3.8) is 0 Å². The van der Waals surface area contributed by atoms with Gasteiger partial charge in [0.05, 0.1) is 5.69 Å². The molecule has 1 atom stereocenters. The van der Waals surface area contributed by atoms with Gasteiger partial charge < -0.3 is 5.32 Å². The van der Waals surface area contributed by atoms with E-state index >= 15 is 0 Å². The molecule has 114 valence electrons. The maximum absolute atomic E-state index is 6.40. The molecule has 0 spiro atoms. The fourth-order valence-electron chi connectivity index (χ4n) is 2.46. The fraction of sp³-hybridized carbons (Fsp3) is 0.438. The molecule has 1 N–H and O–H groups in total. The van der Waals surface area contributed by atoms with E-state index in [0.29, 0.717) is 0 Å². The molecule has 0 radical (unpaired) electrons. The largest absolute Gasteiger partial charge is 0.310 e. The summed E-state index contributed by atoms with van der Waals surface area (Å²) in [5, 5.41) is 8.81. The Labute approximate surface area is 139 Å². The molecule has 1 aromatic carbocycles. The Morgan fingerprint density at radius 3 is 2.76 bits per heavy atom. The molecule has 21 heavy (non-hydrogen) atoms. The highest BCUT2D eigenvalue weighted by atomic mass is 79.9. The molecular formula is C16H21BrClN3. The van der Waals surface area contributed by atoms with Crippen molar-refractivity contribution in [1.29, 1.82) is 0 Å². The Balaban J connectivity index is 2.29. The van der Waals surface area contributed by atoms with Crippen molar-refractivity contribution in [3.8, 4) is 0 Å². The number of aromatic nitrogens is 2. The zero-order chi connectivity index (χ0) is 15.4. The monoisotopic (exact) mass is 369 g/mol. The maximum Gasteiger partial charge on any atom is 0.0596 e. The van der Waals surface area contributed by atoms with Crippen LogP contribution in [0.4, 0.5) is 0 Å². The smallest absolute Gasteiger partial charge is 0.0596 e. The van der Waals surface area contributed by atoms with Crippen LogP contribution in [-0.4, -0.2) is 16.3 Å². The molecule has 1 aromatic heterocycles. The molecule has 5 heteroatoms. The van der Waals surface area contributed by atoms with Crippen LogP contribution in [0.3, 0.4) is 0 Å². The summed E-state index contributed by atoms with van der Waals surface area (Å²) in [6.07, 6.45) is 1.96. The van der Waals surface area contributed by atoms with E-state index in [1.807, 2.05) is 30.8 Å². The molecule has 0 aliphatic carbocycles. The Morgan fingerprint density at radius 2 is 2.14 bits per heavy atom. The Bertz CT molecular complexity index is 610. The molecule has 0 fully saturated rings. The second kappa shape index (κ2) is 7.43. The second-order valence-electron chi connectivity index (χ2n) is 5.28. The van der Waals surface area contributed by atoms with E-state index in [1.165, 1.54) is 5.69 Å². The van der Waals surface area contributed by atoms with Crippen LogP contribution >= 0.6 is 27.5 Å². The van der Waals surface area contributed by atoms with E-state index in [9.17, 15) is 0 Å². The number of aryl methyl sites for hydroxylation is 2. The molecule has 0 aliphatic rings. The number of hydrogen-bond acceptors (Lipinski definition) is 2. The van der Waals surface area contributed by atoms with E-state index in [-0.39, 0.29) is 6.04 Å². The summed E-state index contributed by atoms with van der Waals surface area (Å²) in [5.41, 5.74) is 3.37. The SMILES string of the molecule is CCCNC(Cc1cc(C)nn1C)c1cc(Br)ccc1Cl. The minimum Gasteiger partial charge on any atom is -0.310 e. The molecule has 1 heterocycles. The van der Waals surface area contributed by atoms with Crippen molar-refractivity contribution in [1.82, 2.24) is 15.1 Å². The van der Waals surface area contributed by atoms with Crippen LogP contribution in [0.1, 0.15) is 36.3 Å². The highest BCUT2D eigenvalue weighted by molar-refractivity contribution is 9.10. The van der Waals surface area contributed by atoms with Gasteiger partial charge in [-0.3, -0.25) is 4.68 Å². The van der Waals surface area contributed by atoms with Crippen molar-refractivity contribution in [3.05, 3.63) is 50.7 Å².